The van der Waals surface area contributed by atoms with Gasteiger partial charge < -0.3 is 5.32 Å². The summed E-state index contributed by atoms with van der Waals surface area (Å²) >= 11 is 3.75. The summed E-state index contributed by atoms with van der Waals surface area (Å²) in [5, 5.41) is 6.42. The van der Waals surface area contributed by atoms with Gasteiger partial charge in [0.25, 0.3) is 0 Å². The molecule has 6 aromatic carbocycles. The van der Waals surface area contributed by atoms with E-state index in [0.717, 1.165) is 11.4 Å². The highest BCUT2D eigenvalue weighted by Crippen LogP contribution is 2.62. The topological polar surface area (TPSA) is 12.0 Å². The van der Waals surface area contributed by atoms with Gasteiger partial charge in [-0.25, -0.2) is 0 Å². The van der Waals surface area contributed by atoms with Gasteiger partial charge in [-0.1, -0.05) is 103 Å². The van der Waals surface area contributed by atoms with Crippen LogP contribution in [0.2, 0.25) is 0 Å². The second-order valence-corrected chi connectivity index (χ2v) is 12.8. The van der Waals surface area contributed by atoms with E-state index in [2.05, 4.69) is 139 Å². The predicted molar refractivity (Wildman–Crippen MR) is 170 cm³/mol. The van der Waals surface area contributed by atoms with Crippen LogP contribution in [0.15, 0.2) is 143 Å². The lowest BCUT2D eigenvalue weighted by atomic mass is 9.67. The van der Waals surface area contributed by atoms with Crippen LogP contribution < -0.4 is 5.32 Å². The summed E-state index contributed by atoms with van der Waals surface area (Å²) < 4.78 is 2.64. The number of benzene rings is 6. The molecule has 7 aromatic rings. The van der Waals surface area contributed by atoms with Gasteiger partial charge in [0.15, 0.2) is 0 Å². The van der Waals surface area contributed by atoms with Crippen LogP contribution in [0.1, 0.15) is 22.3 Å². The van der Waals surface area contributed by atoms with E-state index in [1.807, 2.05) is 23.1 Å². The largest absolute Gasteiger partial charge is 0.355 e. The van der Waals surface area contributed by atoms with E-state index < -0.39 is 0 Å². The molecule has 0 unspecified atom stereocenters. The zero-order valence-corrected chi connectivity index (χ0v) is 23.2. The first-order valence-corrected chi connectivity index (χ1v) is 15.2. The van der Waals surface area contributed by atoms with Crippen LogP contribution >= 0.6 is 23.1 Å². The molecule has 0 amide bonds. The molecule has 0 saturated carbocycles. The van der Waals surface area contributed by atoms with E-state index in [9.17, 15) is 0 Å². The van der Waals surface area contributed by atoms with E-state index >= 15 is 0 Å². The Morgan fingerprint density at radius 3 is 1.88 bits per heavy atom. The molecule has 1 aliphatic carbocycles. The first-order valence-electron chi connectivity index (χ1n) is 13.6. The molecule has 1 spiro atoms. The van der Waals surface area contributed by atoms with Gasteiger partial charge in [0.05, 0.1) is 5.41 Å². The van der Waals surface area contributed by atoms with Gasteiger partial charge in [-0.05, 0) is 75.8 Å². The first kappa shape index (κ1) is 22.5. The predicted octanol–water partition coefficient (Wildman–Crippen LogP) is 10.6. The minimum absolute atomic E-state index is 0.350. The average Bonchev–Trinajstić information content (AvgIpc) is 3.51. The molecule has 0 bridgehead atoms. The molecule has 1 aromatic heterocycles. The fourth-order valence-corrected chi connectivity index (χ4v) is 9.24. The molecule has 1 aliphatic heterocycles. The Bertz CT molecular complexity index is 2090. The minimum atomic E-state index is -0.350. The monoisotopic (exact) mass is 545 g/mol. The van der Waals surface area contributed by atoms with Crippen molar-refractivity contribution in [3.05, 3.63) is 156 Å². The number of nitrogens with one attached hydrogen (secondary N) is 1. The Morgan fingerprint density at radius 2 is 1.05 bits per heavy atom. The quantitative estimate of drug-likeness (QED) is 0.232. The number of anilines is 2. The third-order valence-electron chi connectivity index (χ3n) is 8.51. The van der Waals surface area contributed by atoms with Crippen LogP contribution in [0.4, 0.5) is 11.4 Å². The van der Waals surface area contributed by atoms with E-state index in [0.29, 0.717) is 0 Å². The molecular formula is C37H23NS2. The van der Waals surface area contributed by atoms with Crippen molar-refractivity contribution in [1.82, 2.24) is 0 Å². The molecule has 9 rings (SSSR count). The summed E-state index contributed by atoms with van der Waals surface area (Å²) in [6, 6.07) is 49.3. The van der Waals surface area contributed by atoms with Gasteiger partial charge in [0.2, 0.25) is 0 Å². The van der Waals surface area contributed by atoms with Gasteiger partial charge in [0, 0.05) is 41.3 Å². The molecular weight excluding hydrogens is 523 g/mol. The Hall–Kier alpha value is -4.31. The van der Waals surface area contributed by atoms with Crippen molar-refractivity contribution in [3.8, 4) is 11.1 Å². The number of hydrogen-bond acceptors (Lipinski definition) is 3. The molecule has 3 heteroatoms. The fourth-order valence-electron chi connectivity index (χ4n) is 6.90. The highest BCUT2D eigenvalue weighted by Gasteiger charge is 2.50. The molecule has 40 heavy (non-hydrogen) atoms. The Morgan fingerprint density at radius 1 is 0.450 bits per heavy atom. The number of thiophene rings is 1. The third kappa shape index (κ3) is 2.99. The lowest BCUT2D eigenvalue weighted by Gasteiger charge is -2.39. The molecule has 2 heterocycles. The Balaban J connectivity index is 1.25. The van der Waals surface area contributed by atoms with E-state index in [1.54, 1.807) is 0 Å². The van der Waals surface area contributed by atoms with Crippen LogP contribution in [-0.2, 0) is 5.41 Å². The maximum atomic E-state index is 3.77. The summed E-state index contributed by atoms with van der Waals surface area (Å²) in [5.41, 5.74) is 9.98. The SMILES string of the molecule is c1ccc2c(c1)Sc1ccccc1C21c2ccccc2-c2ccc(Nc3ccc4c(c3)sc3ccccc34)cc21. The molecule has 0 saturated heterocycles. The smallest absolute Gasteiger partial charge is 0.0736 e. The summed E-state index contributed by atoms with van der Waals surface area (Å²) in [7, 11) is 0. The molecule has 2 aliphatic rings. The zero-order valence-electron chi connectivity index (χ0n) is 21.5. The molecule has 0 atom stereocenters. The lowest BCUT2D eigenvalue weighted by molar-refractivity contribution is 0.722. The first-order chi connectivity index (χ1) is 19.8. The third-order valence-corrected chi connectivity index (χ3v) is 10.8. The Labute approximate surface area is 241 Å². The van der Waals surface area contributed by atoms with E-state index in [4.69, 9.17) is 0 Å². The van der Waals surface area contributed by atoms with Crippen molar-refractivity contribution < 1.29 is 0 Å². The molecule has 1 N–H and O–H groups in total. The van der Waals surface area contributed by atoms with E-state index in [-0.39, 0.29) is 5.41 Å². The highest BCUT2D eigenvalue weighted by atomic mass is 32.2. The van der Waals surface area contributed by atoms with Crippen molar-refractivity contribution in [2.45, 2.75) is 15.2 Å². The minimum Gasteiger partial charge on any atom is -0.355 e. The molecule has 0 radical (unpaired) electrons. The van der Waals surface area contributed by atoms with Crippen LogP contribution in [0.25, 0.3) is 31.3 Å². The summed E-state index contributed by atoms with van der Waals surface area (Å²) in [4.78, 5) is 2.66. The van der Waals surface area contributed by atoms with Crippen LogP contribution in [0, 0.1) is 0 Å². The van der Waals surface area contributed by atoms with Crippen molar-refractivity contribution in [3.63, 3.8) is 0 Å². The highest BCUT2D eigenvalue weighted by molar-refractivity contribution is 7.99. The fraction of sp³-hybridized carbons (Fsp3) is 0.0270. The van der Waals surface area contributed by atoms with Gasteiger partial charge in [0.1, 0.15) is 0 Å². The van der Waals surface area contributed by atoms with Gasteiger partial charge in [-0.2, -0.15) is 0 Å². The van der Waals surface area contributed by atoms with Crippen LogP contribution in [-0.4, -0.2) is 0 Å². The Kier molecular flexibility index (Phi) is 4.69. The maximum Gasteiger partial charge on any atom is 0.0736 e. The molecule has 0 fully saturated rings. The molecule has 188 valence electrons. The molecule has 1 nitrogen and oxygen atoms in total. The average molecular weight is 546 g/mol. The summed E-state index contributed by atoms with van der Waals surface area (Å²) in [6.07, 6.45) is 0. The normalized spacial score (nSPS) is 14.1. The second-order valence-electron chi connectivity index (χ2n) is 10.6. The van der Waals surface area contributed by atoms with Gasteiger partial charge in [-0.3, -0.25) is 0 Å². The summed E-state index contributed by atoms with van der Waals surface area (Å²) in [5.74, 6) is 0. The van der Waals surface area contributed by atoms with Crippen molar-refractivity contribution in [2.75, 3.05) is 5.32 Å². The second kappa shape index (κ2) is 8.34. The van der Waals surface area contributed by atoms with Crippen molar-refractivity contribution in [1.29, 1.82) is 0 Å². The maximum absolute atomic E-state index is 3.77. The number of fused-ring (bicyclic) bond motifs is 12. The van der Waals surface area contributed by atoms with Gasteiger partial charge >= 0.3 is 0 Å². The zero-order chi connectivity index (χ0) is 26.3. The summed E-state index contributed by atoms with van der Waals surface area (Å²) in [6.45, 7) is 0. The van der Waals surface area contributed by atoms with Gasteiger partial charge in [-0.15, -0.1) is 11.3 Å². The number of hydrogen-bond donors (Lipinski definition) is 1. The van der Waals surface area contributed by atoms with Crippen LogP contribution in [0.3, 0.4) is 0 Å². The van der Waals surface area contributed by atoms with Crippen molar-refractivity contribution >= 4 is 54.6 Å². The number of rotatable bonds is 2. The van der Waals surface area contributed by atoms with Crippen molar-refractivity contribution in [2.24, 2.45) is 0 Å². The standard InChI is InChI=1S/C37H23NS2/c1-3-11-29-25(9-1)26-19-17-23(38-24-18-20-28-27-10-2-6-14-33(27)39-36(28)22-24)21-32(26)37(29)30-12-4-7-15-34(30)40-35-16-8-5-13-31(35)37/h1-22,38H. The van der Waals surface area contributed by atoms with Crippen LogP contribution in [0.5, 0.6) is 0 Å². The van der Waals surface area contributed by atoms with E-state index in [1.165, 1.54) is 63.3 Å². The lowest BCUT2D eigenvalue weighted by Crippen LogP contribution is -2.31.